The summed E-state index contributed by atoms with van der Waals surface area (Å²) < 4.78 is 18.8. The van der Waals surface area contributed by atoms with Crippen LogP contribution in [0.5, 0.6) is 5.75 Å². The topological polar surface area (TPSA) is 9.23 Å². The third-order valence-electron chi connectivity index (χ3n) is 3.32. The summed E-state index contributed by atoms with van der Waals surface area (Å²) in [5.41, 5.74) is 0.757. The van der Waals surface area contributed by atoms with Crippen molar-refractivity contribution in [2.75, 3.05) is 7.11 Å². The molecule has 0 heterocycles. The van der Waals surface area contributed by atoms with Crippen LogP contribution in [0.4, 0.5) is 4.39 Å². The fourth-order valence-electron chi connectivity index (χ4n) is 2.36. The monoisotopic (exact) mass is 286 g/mol. The van der Waals surface area contributed by atoms with Gasteiger partial charge in [-0.1, -0.05) is 34.8 Å². The Balaban J connectivity index is 2.19. The number of ether oxygens (including phenoxy) is 1. The van der Waals surface area contributed by atoms with Gasteiger partial charge in [-0.15, -0.1) is 0 Å². The minimum absolute atomic E-state index is 0.140. The highest BCUT2D eigenvalue weighted by atomic mass is 79.9. The minimum atomic E-state index is -0.173. The second kappa shape index (κ2) is 5.17. The molecule has 0 aliphatic heterocycles. The van der Waals surface area contributed by atoms with E-state index in [0.717, 1.165) is 5.56 Å². The number of methoxy groups -OCH3 is 1. The van der Waals surface area contributed by atoms with E-state index in [1.54, 1.807) is 7.11 Å². The molecule has 0 amide bonds. The molecule has 0 radical (unpaired) electrons. The van der Waals surface area contributed by atoms with Crippen molar-refractivity contribution >= 4 is 15.9 Å². The van der Waals surface area contributed by atoms with Gasteiger partial charge < -0.3 is 4.74 Å². The van der Waals surface area contributed by atoms with Crippen LogP contribution in [0, 0.1) is 11.7 Å². The molecular formula is C13H16BrFO. The number of hydrogen-bond donors (Lipinski definition) is 0. The molecule has 0 N–H and O–H groups in total. The first-order valence-corrected chi connectivity index (χ1v) is 6.61. The van der Waals surface area contributed by atoms with Crippen LogP contribution < -0.4 is 4.74 Å². The van der Waals surface area contributed by atoms with Crippen LogP contribution in [0.3, 0.4) is 0 Å². The molecule has 1 saturated carbocycles. The quantitative estimate of drug-likeness (QED) is 0.746. The molecule has 0 bridgehead atoms. The van der Waals surface area contributed by atoms with Gasteiger partial charge in [0, 0.05) is 16.5 Å². The number of alkyl halides is 1. The first-order chi connectivity index (χ1) is 7.72. The zero-order chi connectivity index (χ0) is 11.5. The van der Waals surface area contributed by atoms with Gasteiger partial charge in [-0.25, -0.2) is 4.39 Å². The van der Waals surface area contributed by atoms with E-state index < -0.39 is 0 Å². The van der Waals surface area contributed by atoms with Gasteiger partial charge in [-0.3, -0.25) is 0 Å². The Morgan fingerprint density at radius 1 is 1.38 bits per heavy atom. The highest BCUT2D eigenvalue weighted by Crippen LogP contribution is 2.42. The molecule has 2 rings (SSSR count). The molecule has 1 aliphatic rings. The summed E-state index contributed by atoms with van der Waals surface area (Å²) in [6.07, 6.45) is 4.93. The molecule has 3 heteroatoms. The highest BCUT2D eigenvalue weighted by Gasteiger charge is 2.26. The van der Waals surface area contributed by atoms with Crippen molar-refractivity contribution in [3.63, 3.8) is 0 Å². The Morgan fingerprint density at radius 3 is 2.62 bits per heavy atom. The Labute approximate surface area is 104 Å². The van der Waals surface area contributed by atoms with Crippen LogP contribution in [0.25, 0.3) is 0 Å². The minimum Gasteiger partial charge on any atom is -0.497 e. The Bertz CT molecular complexity index is 361. The predicted molar refractivity (Wildman–Crippen MR) is 66.6 cm³/mol. The van der Waals surface area contributed by atoms with Gasteiger partial charge in [-0.05, 0) is 24.8 Å². The smallest absolute Gasteiger partial charge is 0.131 e. The second-order valence-electron chi connectivity index (χ2n) is 4.33. The van der Waals surface area contributed by atoms with E-state index >= 15 is 0 Å². The van der Waals surface area contributed by atoms with Gasteiger partial charge >= 0.3 is 0 Å². The zero-order valence-electron chi connectivity index (χ0n) is 9.38. The average molecular weight is 287 g/mol. The maximum Gasteiger partial charge on any atom is 0.131 e. The largest absolute Gasteiger partial charge is 0.497 e. The van der Waals surface area contributed by atoms with Gasteiger partial charge in [0.25, 0.3) is 0 Å². The molecule has 0 aromatic heterocycles. The fourth-order valence-corrected chi connectivity index (χ4v) is 3.26. The van der Waals surface area contributed by atoms with Crippen LogP contribution in [0.1, 0.15) is 36.1 Å². The average Bonchev–Trinajstić information content (AvgIpc) is 2.81. The third-order valence-corrected chi connectivity index (χ3v) is 4.56. The number of benzene rings is 1. The third kappa shape index (κ3) is 2.40. The van der Waals surface area contributed by atoms with E-state index in [9.17, 15) is 4.39 Å². The lowest BCUT2D eigenvalue weighted by Crippen LogP contribution is -2.05. The molecule has 1 aliphatic carbocycles. The van der Waals surface area contributed by atoms with Gasteiger partial charge in [-0.2, -0.15) is 0 Å². The molecule has 88 valence electrons. The summed E-state index contributed by atoms with van der Waals surface area (Å²) in [6.45, 7) is 0. The van der Waals surface area contributed by atoms with Crippen LogP contribution in [-0.4, -0.2) is 7.11 Å². The van der Waals surface area contributed by atoms with Crippen LogP contribution in [0.2, 0.25) is 0 Å². The molecule has 1 aromatic carbocycles. The van der Waals surface area contributed by atoms with E-state index in [1.165, 1.54) is 31.7 Å². The Hall–Kier alpha value is -0.570. The Morgan fingerprint density at radius 2 is 2.06 bits per heavy atom. The van der Waals surface area contributed by atoms with Crippen molar-refractivity contribution in [1.82, 2.24) is 0 Å². The molecule has 1 aromatic rings. The lowest BCUT2D eigenvalue weighted by atomic mass is 9.97. The first kappa shape index (κ1) is 11.9. The summed E-state index contributed by atoms with van der Waals surface area (Å²) in [7, 11) is 1.55. The number of rotatable bonds is 3. The first-order valence-electron chi connectivity index (χ1n) is 5.70. The molecule has 1 atom stereocenters. The van der Waals surface area contributed by atoms with E-state index in [4.69, 9.17) is 4.74 Å². The Kier molecular flexibility index (Phi) is 3.85. The summed E-state index contributed by atoms with van der Waals surface area (Å²) in [6, 6.07) is 5.10. The van der Waals surface area contributed by atoms with Crippen molar-refractivity contribution in [2.45, 2.75) is 30.5 Å². The molecule has 1 nitrogen and oxygen atoms in total. The van der Waals surface area contributed by atoms with Crippen molar-refractivity contribution in [3.05, 3.63) is 29.6 Å². The fraction of sp³-hybridized carbons (Fsp3) is 0.538. The van der Waals surface area contributed by atoms with E-state index in [1.807, 2.05) is 12.1 Å². The second-order valence-corrected chi connectivity index (χ2v) is 5.32. The van der Waals surface area contributed by atoms with E-state index in [0.29, 0.717) is 11.7 Å². The lowest BCUT2D eigenvalue weighted by Gasteiger charge is -2.18. The highest BCUT2D eigenvalue weighted by molar-refractivity contribution is 9.09. The van der Waals surface area contributed by atoms with E-state index in [-0.39, 0.29) is 10.6 Å². The normalized spacial score (nSPS) is 18.7. The summed E-state index contributed by atoms with van der Waals surface area (Å²) in [5, 5.41) is 0. The molecule has 16 heavy (non-hydrogen) atoms. The van der Waals surface area contributed by atoms with E-state index in [2.05, 4.69) is 15.9 Å². The summed E-state index contributed by atoms with van der Waals surface area (Å²) >= 11 is 3.63. The van der Waals surface area contributed by atoms with Gasteiger partial charge in [0.05, 0.1) is 7.11 Å². The van der Waals surface area contributed by atoms with Crippen molar-refractivity contribution in [2.24, 2.45) is 5.92 Å². The predicted octanol–water partition coefficient (Wildman–Crippen LogP) is 4.46. The zero-order valence-corrected chi connectivity index (χ0v) is 11.0. The molecule has 0 spiro atoms. The van der Waals surface area contributed by atoms with Gasteiger partial charge in [0.1, 0.15) is 11.6 Å². The number of halogens is 2. The standard InChI is InChI=1S/C13H16BrFO/c1-16-10-6-7-11(12(15)8-10)13(14)9-4-2-3-5-9/h6-9,13H,2-5H2,1H3. The van der Waals surface area contributed by atoms with Crippen molar-refractivity contribution < 1.29 is 9.13 Å². The van der Waals surface area contributed by atoms with Crippen LogP contribution in [0.15, 0.2) is 18.2 Å². The molecule has 0 saturated heterocycles. The molecule has 1 fully saturated rings. The SMILES string of the molecule is COc1ccc(C(Br)C2CCCC2)c(F)c1. The van der Waals surface area contributed by atoms with Gasteiger partial charge in [0.15, 0.2) is 0 Å². The maximum absolute atomic E-state index is 13.8. The molecular weight excluding hydrogens is 271 g/mol. The number of hydrogen-bond acceptors (Lipinski definition) is 1. The van der Waals surface area contributed by atoms with Gasteiger partial charge in [0.2, 0.25) is 0 Å². The maximum atomic E-state index is 13.8. The summed E-state index contributed by atoms with van der Waals surface area (Å²) in [5.74, 6) is 0.975. The summed E-state index contributed by atoms with van der Waals surface area (Å²) in [4.78, 5) is 0.140. The molecule has 1 unspecified atom stereocenters. The van der Waals surface area contributed by atoms with Crippen LogP contribution >= 0.6 is 15.9 Å². The van der Waals surface area contributed by atoms with Crippen molar-refractivity contribution in [3.8, 4) is 5.75 Å². The van der Waals surface area contributed by atoms with Crippen LogP contribution in [-0.2, 0) is 0 Å². The lowest BCUT2D eigenvalue weighted by molar-refractivity contribution is 0.410. The van der Waals surface area contributed by atoms with Crippen molar-refractivity contribution in [1.29, 1.82) is 0 Å².